The maximum atomic E-state index is 13.8. The maximum Gasteiger partial charge on any atom is 0.258 e. The number of aromatic amines is 1. The van der Waals surface area contributed by atoms with Gasteiger partial charge in [0.15, 0.2) is 0 Å². The molecule has 0 radical (unpaired) electrons. The number of amides is 1. The second-order valence-corrected chi connectivity index (χ2v) is 7.49. The van der Waals surface area contributed by atoms with Gasteiger partial charge in [-0.15, -0.1) is 0 Å². The van der Waals surface area contributed by atoms with Crippen LogP contribution in [0.1, 0.15) is 29.8 Å². The molecule has 3 aromatic carbocycles. The van der Waals surface area contributed by atoms with E-state index >= 15 is 0 Å². The second-order valence-electron chi connectivity index (χ2n) is 7.49. The first kappa shape index (κ1) is 19.1. The Morgan fingerprint density at radius 3 is 2.26 bits per heavy atom. The molecule has 0 fully saturated rings. The number of para-hydroxylation sites is 3. The molecule has 4 aromatic rings. The number of hydrogen-bond donors (Lipinski definition) is 1. The minimum absolute atomic E-state index is 0.0542. The highest BCUT2D eigenvalue weighted by Crippen LogP contribution is 2.44. The van der Waals surface area contributed by atoms with Crippen LogP contribution in [0.15, 0.2) is 77.6 Å². The Kier molecular flexibility index (Phi) is 4.75. The zero-order valence-electron chi connectivity index (χ0n) is 17.0. The number of carbonyl (C=O) groups is 1. The average molecular weight is 411 g/mol. The lowest BCUT2D eigenvalue weighted by Gasteiger charge is -2.31. The van der Waals surface area contributed by atoms with Crippen LogP contribution in [-0.4, -0.2) is 27.3 Å². The van der Waals surface area contributed by atoms with Gasteiger partial charge < -0.3 is 14.6 Å². The van der Waals surface area contributed by atoms with E-state index in [0.29, 0.717) is 34.8 Å². The van der Waals surface area contributed by atoms with Crippen LogP contribution in [0, 0.1) is 0 Å². The van der Waals surface area contributed by atoms with Gasteiger partial charge in [0.25, 0.3) is 5.56 Å². The average Bonchev–Trinajstić information content (AvgIpc) is 2.80. The van der Waals surface area contributed by atoms with Crippen molar-refractivity contribution in [1.29, 1.82) is 0 Å². The maximum absolute atomic E-state index is 13.8. The number of likely N-dealkylation sites (N-methyl/N-ethyl adjacent to an activating group) is 1. The Hall–Kier alpha value is -3.93. The van der Waals surface area contributed by atoms with Crippen LogP contribution in [0.2, 0.25) is 0 Å². The van der Waals surface area contributed by atoms with Crippen molar-refractivity contribution < 1.29 is 9.53 Å². The first-order chi connectivity index (χ1) is 15.2. The fourth-order valence-corrected chi connectivity index (χ4v) is 4.09. The summed E-state index contributed by atoms with van der Waals surface area (Å²) in [6.07, 6.45) is 0. The number of carbonyl (C=O) groups excluding carboxylic acids is 1. The number of benzene rings is 3. The lowest BCUT2D eigenvalue weighted by atomic mass is 9.87. The smallest absolute Gasteiger partial charge is 0.258 e. The first-order valence-corrected chi connectivity index (χ1v) is 10.3. The third-order valence-corrected chi connectivity index (χ3v) is 5.62. The minimum atomic E-state index is -0.478. The highest BCUT2D eigenvalue weighted by atomic mass is 16.5. The molecule has 2 heterocycles. The van der Waals surface area contributed by atoms with Crippen molar-refractivity contribution in [3.8, 4) is 11.5 Å². The third-order valence-electron chi connectivity index (χ3n) is 5.62. The van der Waals surface area contributed by atoms with Crippen molar-refractivity contribution in [3.05, 3.63) is 100 Å². The molecule has 0 atom stereocenters. The number of fused-ring (bicyclic) bond motifs is 3. The van der Waals surface area contributed by atoms with E-state index in [2.05, 4.69) is 9.97 Å². The van der Waals surface area contributed by atoms with Gasteiger partial charge in [0.1, 0.15) is 17.3 Å². The fourth-order valence-electron chi connectivity index (χ4n) is 4.09. The number of ether oxygens (including phenoxy) is 1. The zero-order valence-corrected chi connectivity index (χ0v) is 17.0. The summed E-state index contributed by atoms with van der Waals surface area (Å²) in [5.41, 5.74) is 2.09. The molecule has 1 N–H and O–H groups in total. The number of nitrogens with zero attached hydrogens (tertiary/aromatic N) is 2. The van der Waals surface area contributed by atoms with Gasteiger partial charge in [-0.1, -0.05) is 48.5 Å². The van der Waals surface area contributed by atoms with Crippen LogP contribution in [0.5, 0.6) is 11.5 Å². The normalized spacial score (nSPS) is 12.7. The van der Waals surface area contributed by atoms with E-state index in [9.17, 15) is 9.59 Å². The van der Waals surface area contributed by atoms with Crippen molar-refractivity contribution in [2.45, 2.75) is 19.4 Å². The summed E-state index contributed by atoms with van der Waals surface area (Å²) >= 11 is 0. The van der Waals surface area contributed by atoms with Crippen molar-refractivity contribution in [2.24, 2.45) is 0 Å². The molecule has 1 aliphatic rings. The molecule has 0 aliphatic carbocycles. The molecule has 1 aliphatic heterocycles. The number of rotatable bonds is 4. The summed E-state index contributed by atoms with van der Waals surface area (Å²) < 4.78 is 6.02. The Bertz CT molecular complexity index is 1300. The molecule has 154 valence electrons. The monoisotopic (exact) mass is 411 g/mol. The fraction of sp³-hybridized carbons (Fsp3) is 0.160. The SMILES string of the molecule is CCN(Cc1nc2ccccc2c(=O)[nH]1)C(=O)C1c2ccccc2Oc2ccccc21. The Labute approximate surface area is 179 Å². The molecular weight excluding hydrogens is 390 g/mol. The lowest BCUT2D eigenvalue weighted by Crippen LogP contribution is -2.37. The van der Waals surface area contributed by atoms with E-state index in [1.54, 1.807) is 23.1 Å². The van der Waals surface area contributed by atoms with Crippen LogP contribution in [0.25, 0.3) is 10.9 Å². The molecule has 31 heavy (non-hydrogen) atoms. The predicted molar refractivity (Wildman–Crippen MR) is 118 cm³/mol. The number of H-pyrrole nitrogens is 1. The van der Waals surface area contributed by atoms with E-state index < -0.39 is 5.92 Å². The van der Waals surface area contributed by atoms with E-state index in [1.807, 2.05) is 61.5 Å². The number of nitrogens with one attached hydrogen (secondary N) is 1. The Balaban J connectivity index is 1.53. The van der Waals surface area contributed by atoms with Crippen molar-refractivity contribution in [2.75, 3.05) is 6.54 Å². The van der Waals surface area contributed by atoms with Gasteiger partial charge in [0.05, 0.1) is 23.4 Å². The van der Waals surface area contributed by atoms with Gasteiger partial charge in [-0.25, -0.2) is 4.98 Å². The van der Waals surface area contributed by atoms with Gasteiger partial charge in [0.2, 0.25) is 5.91 Å². The topological polar surface area (TPSA) is 75.3 Å². The largest absolute Gasteiger partial charge is 0.457 e. The summed E-state index contributed by atoms with van der Waals surface area (Å²) in [5, 5.41) is 0.535. The van der Waals surface area contributed by atoms with Crippen LogP contribution in [0.4, 0.5) is 0 Å². The lowest BCUT2D eigenvalue weighted by molar-refractivity contribution is -0.132. The Morgan fingerprint density at radius 1 is 0.968 bits per heavy atom. The van der Waals surface area contributed by atoms with Crippen molar-refractivity contribution >= 4 is 16.8 Å². The predicted octanol–water partition coefficient (Wildman–Crippen LogP) is 4.21. The van der Waals surface area contributed by atoms with Crippen LogP contribution >= 0.6 is 0 Å². The second kappa shape index (κ2) is 7.72. The van der Waals surface area contributed by atoms with Gasteiger partial charge >= 0.3 is 0 Å². The summed E-state index contributed by atoms with van der Waals surface area (Å²) in [4.78, 5) is 35.3. The molecule has 6 heteroatoms. The highest BCUT2D eigenvalue weighted by Gasteiger charge is 2.34. The van der Waals surface area contributed by atoms with Gasteiger partial charge in [0, 0.05) is 17.7 Å². The van der Waals surface area contributed by atoms with E-state index in [0.717, 1.165) is 11.1 Å². The van der Waals surface area contributed by atoms with E-state index in [4.69, 9.17) is 4.74 Å². The quantitative estimate of drug-likeness (QED) is 0.546. The van der Waals surface area contributed by atoms with E-state index in [-0.39, 0.29) is 18.0 Å². The summed E-state index contributed by atoms with van der Waals surface area (Å²) in [5.74, 6) is 1.31. The van der Waals surface area contributed by atoms with Gasteiger partial charge in [-0.05, 0) is 31.2 Å². The zero-order chi connectivity index (χ0) is 21.4. The molecule has 0 saturated heterocycles. The van der Waals surface area contributed by atoms with Crippen LogP contribution < -0.4 is 10.3 Å². The van der Waals surface area contributed by atoms with Gasteiger partial charge in [-0.3, -0.25) is 9.59 Å². The first-order valence-electron chi connectivity index (χ1n) is 10.3. The highest BCUT2D eigenvalue weighted by molar-refractivity contribution is 5.89. The molecule has 1 aromatic heterocycles. The molecule has 5 rings (SSSR count). The van der Waals surface area contributed by atoms with Gasteiger partial charge in [-0.2, -0.15) is 0 Å². The molecule has 0 spiro atoms. The molecule has 6 nitrogen and oxygen atoms in total. The molecule has 0 saturated carbocycles. The van der Waals surface area contributed by atoms with Crippen LogP contribution in [0.3, 0.4) is 0 Å². The number of hydrogen-bond acceptors (Lipinski definition) is 4. The minimum Gasteiger partial charge on any atom is -0.457 e. The molecular formula is C25H21N3O3. The summed E-state index contributed by atoms with van der Waals surface area (Å²) in [7, 11) is 0. The molecule has 0 bridgehead atoms. The standard InChI is InChI=1S/C25H21N3O3/c1-2-28(15-22-26-19-12-6-3-9-16(19)24(29)27-22)25(30)23-17-10-4-7-13-20(17)31-21-14-8-5-11-18(21)23/h3-14,23H,2,15H2,1H3,(H,26,27,29). The van der Waals surface area contributed by atoms with Crippen LogP contribution in [-0.2, 0) is 11.3 Å². The molecule has 1 amide bonds. The van der Waals surface area contributed by atoms with Crippen molar-refractivity contribution in [1.82, 2.24) is 14.9 Å². The third kappa shape index (κ3) is 3.36. The Morgan fingerprint density at radius 2 is 1.58 bits per heavy atom. The van der Waals surface area contributed by atoms with Crippen molar-refractivity contribution in [3.63, 3.8) is 0 Å². The summed E-state index contributed by atoms with van der Waals surface area (Å²) in [6.45, 7) is 2.63. The number of aromatic nitrogens is 2. The van der Waals surface area contributed by atoms with E-state index in [1.165, 1.54) is 0 Å². The summed E-state index contributed by atoms with van der Waals surface area (Å²) in [6, 6.07) is 22.4. The molecule has 0 unspecified atom stereocenters.